The fraction of sp³-hybridized carbons (Fsp3) is 0.417. The highest BCUT2D eigenvalue weighted by atomic mass is 19.1. The molecule has 4 rings (SSSR count). The highest BCUT2D eigenvalue weighted by Crippen LogP contribution is 2.26. The number of Topliss-reactive ketones (excluding diaryl/α,β-unsaturated/α-hetero) is 1. The number of anilines is 1. The molecule has 0 spiro atoms. The monoisotopic (exact) mass is 425 g/mol. The van der Waals surface area contributed by atoms with Crippen LogP contribution in [-0.2, 0) is 9.53 Å². The van der Waals surface area contributed by atoms with E-state index in [0.29, 0.717) is 63.6 Å². The molecule has 2 heterocycles. The van der Waals surface area contributed by atoms with Crippen molar-refractivity contribution in [3.8, 4) is 0 Å². The zero-order chi connectivity index (χ0) is 21.8. The summed E-state index contributed by atoms with van der Waals surface area (Å²) in [5, 5.41) is 0. The van der Waals surface area contributed by atoms with Crippen LogP contribution in [0.2, 0.25) is 0 Å². The number of ketones is 1. The maximum atomic E-state index is 13.9. The smallest absolute Gasteiger partial charge is 0.244 e. The van der Waals surface area contributed by atoms with Crippen molar-refractivity contribution in [1.82, 2.24) is 9.80 Å². The van der Waals surface area contributed by atoms with Gasteiger partial charge in [-0.05, 0) is 48.9 Å². The molecule has 2 fully saturated rings. The number of piperazine rings is 1. The van der Waals surface area contributed by atoms with Crippen molar-refractivity contribution in [2.75, 3.05) is 57.4 Å². The summed E-state index contributed by atoms with van der Waals surface area (Å²) in [6.07, 6.45) is 0. The summed E-state index contributed by atoms with van der Waals surface area (Å²) < 4.78 is 19.4. The molecule has 2 aliphatic heterocycles. The Morgan fingerprint density at radius 2 is 1.61 bits per heavy atom. The minimum absolute atomic E-state index is 0.0130. The molecule has 0 radical (unpaired) electrons. The Kier molecular flexibility index (Phi) is 6.63. The van der Waals surface area contributed by atoms with Gasteiger partial charge in [-0.1, -0.05) is 12.1 Å². The molecule has 2 aromatic carbocycles. The number of carbonyl (C=O) groups excluding carboxylic acids is 2. The van der Waals surface area contributed by atoms with Crippen LogP contribution in [0.1, 0.15) is 28.9 Å². The molecule has 1 atom stereocenters. The highest BCUT2D eigenvalue weighted by molar-refractivity contribution is 5.94. The lowest BCUT2D eigenvalue weighted by Gasteiger charge is -2.40. The van der Waals surface area contributed by atoms with E-state index in [0.717, 1.165) is 5.69 Å². The third-order valence-electron chi connectivity index (χ3n) is 6.04. The van der Waals surface area contributed by atoms with Gasteiger partial charge in [0.25, 0.3) is 0 Å². The summed E-state index contributed by atoms with van der Waals surface area (Å²) >= 11 is 0. The second kappa shape index (κ2) is 9.58. The molecule has 2 aliphatic rings. The van der Waals surface area contributed by atoms with E-state index in [2.05, 4.69) is 9.80 Å². The maximum Gasteiger partial charge on any atom is 0.244 e. The SMILES string of the molecule is CC(=O)c1ccc(N2CCN(C(=O)C(c3cccc(F)c3)N3CCOCC3)CC2)cc1. The number of ether oxygens (including phenoxy) is 1. The van der Waals surface area contributed by atoms with Gasteiger partial charge in [0.05, 0.1) is 13.2 Å². The lowest BCUT2D eigenvalue weighted by atomic mass is 10.0. The quantitative estimate of drug-likeness (QED) is 0.690. The van der Waals surface area contributed by atoms with Crippen LogP contribution in [0.15, 0.2) is 48.5 Å². The molecule has 0 N–H and O–H groups in total. The van der Waals surface area contributed by atoms with E-state index < -0.39 is 6.04 Å². The van der Waals surface area contributed by atoms with Gasteiger partial charge in [0, 0.05) is 50.5 Å². The van der Waals surface area contributed by atoms with E-state index >= 15 is 0 Å². The Balaban J connectivity index is 1.46. The number of nitrogens with zero attached hydrogens (tertiary/aromatic N) is 3. The van der Waals surface area contributed by atoms with Crippen LogP contribution in [0.3, 0.4) is 0 Å². The van der Waals surface area contributed by atoms with Crippen LogP contribution in [0.25, 0.3) is 0 Å². The fourth-order valence-electron chi connectivity index (χ4n) is 4.29. The molecule has 2 aromatic rings. The van der Waals surface area contributed by atoms with Gasteiger partial charge in [-0.2, -0.15) is 0 Å². The predicted molar refractivity (Wildman–Crippen MR) is 117 cm³/mol. The molecule has 7 heteroatoms. The third-order valence-corrected chi connectivity index (χ3v) is 6.04. The molecule has 1 amide bonds. The minimum atomic E-state index is -0.499. The Labute approximate surface area is 182 Å². The molecule has 0 aromatic heterocycles. The molecule has 31 heavy (non-hydrogen) atoms. The van der Waals surface area contributed by atoms with Gasteiger partial charge < -0.3 is 14.5 Å². The third kappa shape index (κ3) is 4.94. The number of hydrogen-bond acceptors (Lipinski definition) is 5. The largest absolute Gasteiger partial charge is 0.379 e. The van der Waals surface area contributed by atoms with Crippen LogP contribution >= 0.6 is 0 Å². The lowest BCUT2D eigenvalue weighted by Crippen LogP contribution is -2.53. The Hall–Kier alpha value is -2.77. The first-order valence-electron chi connectivity index (χ1n) is 10.7. The van der Waals surface area contributed by atoms with Crippen molar-refractivity contribution in [2.24, 2.45) is 0 Å². The number of hydrogen-bond donors (Lipinski definition) is 0. The number of amides is 1. The maximum absolute atomic E-state index is 13.9. The second-order valence-corrected chi connectivity index (χ2v) is 8.02. The summed E-state index contributed by atoms with van der Waals surface area (Å²) in [5.41, 5.74) is 2.43. The molecular weight excluding hydrogens is 397 g/mol. The number of carbonyl (C=O) groups is 2. The number of halogens is 1. The van der Waals surface area contributed by atoms with E-state index in [1.165, 1.54) is 12.1 Å². The summed E-state index contributed by atoms with van der Waals surface area (Å²) in [5.74, 6) is -0.269. The Morgan fingerprint density at radius 3 is 2.23 bits per heavy atom. The van der Waals surface area contributed by atoms with Crippen molar-refractivity contribution in [3.63, 3.8) is 0 Å². The molecule has 164 valence electrons. The van der Waals surface area contributed by atoms with E-state index in [4.69, 9.17) is 4.74 Å². The molecule has 0 saturated carbocycles. The van der Waals surface area contributed by atoms with Crippen molar-refractivity contribution in [3.05, 3.63) is 65.5 Å². The van der Waals surface area contributed by atoms with Crippen LogP contribution in [-0.4, -0.2) is 74.0 Å². The van der Waals surface area contributed by atoms with Gasteiger partial charge >= 0.3 is 0 Å². The van der Waals surface area contributed by atoms with Gasteiger partial charge in [-0.25, -0.2) is 4.39 Å². The van der Waals surface area contributed by atoms with Crippen molar-refractivity contribution >= 4 is 17.4 Å². The molecule has 0 bridgehead atoms. The number of rotatable bonds is 5. The average Bonchev–Trinajstić information content (AvgIpc) is 2.80. The first kappa shape index (κ1) is 21.5. The Morgan fingerprint density at radius 1 is 0.935 bits per heavy atom. The number of benzene rings is 2. The van der Waals surface area contributed by atoms with Gasteiger partial charge in [-0.15, -0.1) is 0 Å². The summed E-state index contributed by atoms with van der Waals surface area (Å²) in [4.78, 5) is 31.2. The summed E-state index contributed by atoms with van der Waals surface area (Å²) in [7, 11) is 0. The molecule has 0 aliphatic carbocycles. The molecule has 6 nitrogen and oxygen atoms in total. The molecule has 2 saturated heterocycles. The topological polar surface area (TPSA) is 53.1 Å². The standard InChI is InChI=1S/C24H28FN3O3/c1-18(29)19-5-7-22(8-6-19)26-9-11-28(12-10-26)24(30)23(27-13-15-31-16-14-27)20-3-2-4-21(25)17-20/h2-8,17,23H,9-16H2,1H3. The number of morpholine rings is 1. The zero-order valence-corrected chi connectivity index (χ0v) is 17.8. The van der Waals surface area contributed by atoms with Crippen LogP contribution in [0, 0.1) is 5.82 Å². The first-order valence-corrected chi connectivity index (χ1v) is 10.7. The predicted octanol–water partition coefficient (Wildman–Crippen LogP) is 2.75. The van der Waals surface area contributed by atoms with Gasteiger partial charge in [-0.3, -0.25) is 14.5 Å². The summed E-state index contributed by atoms with van der Waals surface area (Å²) in [6.45, 7) is 6.63. The van der Waals surface area contributed by atoms with Crippen molar-refractivity contribution in [2.45, 2.75) is 13.0 Å². The van der Waals surface area contributed by atoms with E-state index in [9.17, 15) is 14.0 Å². The minimum Gasteiger partial charge on any atom is -0.379 e. The van der Waals surface area contributed by atoms with Gasteiger partial charge in [0.2, 0.25) is 5.91 Å². The van der Waals surface area contributed by atoms with Gasteiger partial charge in [0.1, 0.15) is 11.9 Å². The molecular formula is C24H28FN3O3. The normalized spacial score (nSPS) is 18.6. The van der Waals surface area contributed by atoms with E-state index in [1.54, 1.807) is 13.0 Å². The second-order valence-electron chi connectivity index (χ2n) is 8.02. The van der Waals surface area contributed by atoms with Crippen molar-refractivity contribution in [1.29, 1.82) is 0 Å². The first-order chi connectivity index (χ1) is 15.0. The molecule has 1 unspecified atom stereocenters. The zero-order valence-electron chi connectivity index (χ0n) is 17.8. The Bertz CT molecular complexity index is 920. The fourth-order valence-corrected chi connectivity index (χ4v) is 4.29. The van der Waals surface area contributed by atoms with Crippen LogP contribution in [0.5, 0.6) is 0 Å². The summed E-state index contributed by atoms with van der Waals surface area (Å²) in [6, 6.07) is 13.4. The van der Waals surface area contributed by atoms with Gasteiger partial charge in [0.15, 0.2) is 5.78 Å². The van der Waals surface area contributed by atoms with Crippen LogP contribution in [0.4, 0.5) is 10.1 Å². The average molecular weight is 426 g/mol. The highest BCUT2D eigenvalue weighted by Gasteiger charge is 2.34. The van der Waals surface area contributed by atoms with E-state index in [-0.39, 0.29) is 17.5 Å². The van der Waals surface area contributed by atoms with Crippen LogP contribution < -0.4 is 4.90 Å². The van der Waals surface area contributed by atoms with E-state index in [1.807, 2.05) is 35.2 Å². The lowest BCUT2D eigenvalue weighted by molar-refractivity contribution is -0.139. The van der Waals surface area contributed by atoms with Crippen molar-refractivity contribution < 1.29 is 18.7 Å².